The number of esters is 1. The lowest BCUT2D eigenvalue weighted by atomic mass is 10.2. The number of rotatable bonds is 5. The molecule has 0 aliphatic heterocycles. The lowest BCUT2D eigenvalue weighted by molar-refractivity contribution is -0.144. The SMILES string of the molecule is COC(=O)C(C)n1c(=O)c2c(nc3n(-c4ccc(Oc5ccccc5)cc4)c(C)c(C)n23)n(C)c1=O. The van der Waals surface area contributed by atoms with Crippen molar-refractivity contribution in [2.75, 3.05) is 7.11 Å². The summed E-state index contributed by atoms with van der Waals surface area (Å²) < 4.78 is 16.5. The molecule has 0 spiro atoms. The first-order valence-electron chi connectivity index (χ1n) is 11.4. The maximum atomic E-state index is 13.5. The van der Waals surface area contributed by atoms with E-state index in [0.29, 0.717) is 11.5 Å². The number of aryl methyl sites for hydroxylation is 2. The van der Waals surface area contributed by atoms with Crippen LogP contribution in [-0.4, -0.2) is 36.2 Å². The van der Waals surface area contributed by atoms with E-state index in [1.54, 1.807) is 4.40 Å². The van der Waals surface area contributed by atoms with Gasteiger partial charge in [-0.05, 0) is 57.2 Å². The number of methoxy groups -OCH3 is 1. The fourth-order valence-corrected chi connectivity index (χ4v) is 4.43. The molecule has 0 N–H and O–H groups in total. The Bertz CT molecular complexity index is 1740. The minimum absolute atomic E-state index is 0.214. The normalized spacial score (nSPS) is 12.2. The first-order valence-corrected chi connectivity index (χ1v) is 11.4. The third-order valence-electron chi connectivity index (χ3n) is 6.47. The lowest BCUT2D eigenvalue weighted by Crippen LogP contribution is -2.43. The van der Waals surface area contributed by atoms with Crippen LogP contribution in [0.3, 0.4) is 0 Å². The van der Waals surface area contributed by atoms with Gasteiger partial charge in [-0.2, -0.15) is 4.98 Å². The summed E-state index contributed by atoms with van der Waals surface area (Å²) in [5, 5.41) is 0. The molecule has 0 aliphatic rings. The zero-order valence-corrected chi connectivity index (χ0v) is 20.6. The van der Waals surface area contributed by atoms with E-state index < -0.39 is 23.3 Å². The van der Waals surface area contributed by atoms with Crippen molar-refractivity contribution >= 4 is 22.9 Å². The highest BCUT2D eigenvalue weighted by Gasteiger charge is 2.27. The van der Waals surface area contributed by atoms with Gasteiger partial charge in [0.05, 0.1) is 7.11 Å². The number of fused-ring (bicyclic) bond motifs is 3. The van der Waals surface area contributed by atoms with Crippen molar-refractivity contribution in [2.45, 2.75) is 26.8 Å². The Morgan fingerprint density at radius 1 is 0.944 bits per heavy atom. The average Bonchev–Trinajstić information content (AvgIpc) is 3.38. The first-order chi connectivity index (χ1) is 17.2. The van der Waals surface area contributed by atoms with Crippen molar-refractivity contribution < 1.29 is 14.3 Å². The van der Waals surface area contributed by atoms with Gasteiger partial charge in [0.15, 0.2) is 11.2 Å². The summed E-state index contributed by atoms with van der Waals surface area (Å²) in [6.07, 6.45) is 0. The molecule has 0 bridgehead atoms. The Balaban J connectivity index is 1.70. The maximum Gasteiger partial charge on any atom is 0.333 e. The van der Waals surface area contributed by atoms with E-state index in [9.17, 15) is 14.4 Å². The monoisotopic (exact) mass is 487 g/mol. The van der Waals surface area contributed by atoms with Crippen molar-refractivity contribution in [3.05, 3.63) is 86.8 Å². The van der Waals surface area contributed by atoms with Crippen LogP contribution in [0.1, 0.15) is 24.4 Å². The third-order valence-corrected chi connectivity index (χ3v) is 6.47. The number of ether oxygens (including phenoxy) is 2. The molecule has 0 aliphatic carbocycles. The fourth-order valence-electron chi connectivity index (χ4n) is 4.43. The number of benzene rings is 2. The van der Waals surface area contributed by atoms with Crippen LogP contribution in [0.5, 0.6) is 11.5 Å². The molecule has 0 amide bonds. The van der Waals surface area contributed by atoms with E-state index in [2.05, 4.69) is 4.98 Å². The summed E-state index contributed by atoms with van der Waals surface area (Å²) in [6, 6.07) is 15.9. The summed E-state index contributed by atoms with van der Waals surface area (Å²) in [5.74, 6) is 1.21. The molecule has 0 saturated carbocycles. The van der Waals surface area contributed by atoms with Crippen LogP contribution in [0.2, 0.25) is 0 Å². The van der Waals surface area contributed by atoms with E-state index in [1.165, 1.54) is 25.6 Å². The molecule has 0 fully saturated rings. The predicted octanol–water partition coefficient (Wildman–Crippen LogP) is 3.28. The van der Waals surface area contributed by atoms with E-state index >= 15 is 0 Å². The Kier molecular flexibility index (Phi) is 5.51. The molecule has 36 heavy (non-hydrogen) atoms. The van der Waals surface area contributed by atoms with Crippen molar-refractivity contribution in [2.24, 2.45) is 7.05 Å². The molecule has 184 valence electrons. The molecule has 10 nitrogen and oxygen atoms in total. The number of nitrogens with zero attached hydrogens (tertiary/aromatic N) is 5. The van der Waals surface area contributed by atoms with Gasteiger partial charge in [0.2, 0.25) is 5.78 Å². The van der Waals surface area contributed by atoms with Gasteiger partial charge in [0, 0.05) is 24.1 Å². The molecule has 0 radical (unpaired) electrons. The molecule has 1 unspecified atom stereocenters. The average molecular weight is 488 g/mol. The number of aromatic nitrogens is 5. The highest BCUT2D eigenvalue weighted by atomic mass is 16.5. The number of imidazole rings is 2. The Labute approximate surface area is 205 Å². The van der Waals surface area contributed by atoms with Crippen LogP contribution >= 0.6 is 0 Å². The van der Waals surface area contributed by atoms with Crippen LogP contribution in [0.4, 0.5) is 0 Å². The van der Waals surface area contributed by atoms with E-state index in [-0.39, 0.29) is 11.2 Å². The minimum Gasteiger partial charge on any atom is -0.467 e. The van der Waals surface area contributed by atoms with Gasteiger partial charge in [-0.25, -0.2) is 14.2 Å². The maximum absolute atomic E-state index is 13.5. The van der Waals surface area contributed by atoms with Gasteiger partial charge in [-0.1, -0.05) is 18.2 Å². The number of carbonyl (C=O) groups excluding carboxylic acids is 1. The van der Waals surface area contributed by atoms with Crippen molar-refractivity contribution in [1.82, 2.24) is 23.1 Å². The van der Waals surface area contributed by atoms with Gasteiger partial charge in [-0.3, -0.25) is 18.3 Å². The highest BCUT2D eigenvalue weighted by molar-refractivity contribution is 5.78. The van der Waals surface area contributed by atoms with Gasteiger partial charge in [0.25, 0.3) is 5.56 Å². The lowest BCUT2D eigenvalue weighted by Gasteiger charge is -2.13. The van der Waals surface area contributed by atoms with E-state index in [1.807, 2.05) is 73.0 Å². The van der Waals surface area contributed by atoms with Crippen molar-refractivity contribution in [3.8, 4) is 17.2 Å². The Hall–Kier alpha value is -4.60. The third kappa shape index (κ3) is 3.41. The fraction of sp³-hybridized carbons (Fsp3) is 0.231. The quantitative estimate of drug-likeness (QED) is 0.353. The van der Waals surface area contributed by atoms with Crippen LogP contribution in [0.25, 0.3) is 22.6 Å². The molecule has 5 aromatic rings. The zero-order valence-electron chi connectivity index (χ0n) is 20.6. The summed E-state index contributed by atoms with van der Waals surface area (Å²) in [5.41, 5.74) is 1.66. The summed E-state index contributed by atoms with van der Waals surface area (Å²) in [6.45, 7) is 5.27. The van der Waals surface area contributed by atoms with E-state index in [0.717, 1.165) is 27.4 Å². The molecule has 2 aromatic carbocycles. The van der Waals surface area contributed by atoms with Gasteiger partial charge in [-0.15, -0.1) is 0 Å². The topological polar surface area (TPSA) is 102 Å². The molecule has 3 aromatic heterocycles. The summed E-state index contributed by atoms with van der Waals surface area (Å²) in [4.78, 5) is 43.4. The zero-order chi connectivity index (χ0) is 25.7. The standard InChI is InChI=1S/C26H25N5O5/c1-15-16(2)30-21-22(28(4)26(34)31(23(21)32)17(3)24(33)35-5)27-25(30)29(15)18-11-13-20(14-12-18)36-19-9-7-6-8-10-19/h6-14,17H,1-5H3. The summed E-state index contributed by atoms with van der Waals surface area (Å²) in [7, 11) is 2.74. The predicted molar refractivity (Wildman–Crippen MR) is 134 cm³/mol. The minimum atomic E-state index is -1.09. The Morgan fingerprint density at radius 2 is 1.58 bits per heavy atom. The van der Waals surface area contributed by atoms with E-state index in [4.69, 9.17) is 9.47 Å². The second-order valence-corrected chi connectivity index (χ2v) is 8.55. The smallest absolute Gasteiger partial charge is 0.333 e. The molecular formula is C26H25N5O5. The van der Waals surface area contributed by atoms with Gasteiger partial charge >= 0.3 is 11.7 Å². The molecule has 3 heterocycles. The molecule has 5 rings (SSSR count). The second-order valence-electron chi connectivity index (χ2n) is 8.55. The first kappa shape index (κ1) is 23.2. The largest absolute Gasteiger partial charge is 0.467 e. The second kappa shape index (κ2) is 8.56. The van der Waals surface area contributed by atoms with Crippen LogP contribution in [-0.2, 0) is 16.6 Å². The number of hydrogen-bond acceptors (Lipinski definition) is 6. The van der Waals surface area contributed by atoms with Crippen LogP contribution < -0.4 is 16.0 Å². The number of carbonyl (C=O) groups is 1. The van der Waals surface area contributed by atoms with Gasteiger partial charge < -0.3 is 9.47 Å². The molecular weight excluding hydrogens is 462 g/mol. The van der Waals surface area contributed by atoms with Crippen LogP contribution in [0.15, 0.2) is 64.2 Å². The van der Waals surface area contributed by atoms with Gasteiger partial charge in [0.1, 0.15) is 17.5 Å². The van der Waals surface area contributed by atoms with Crippen molar-refractivity contribution in [3.63, 3.8) is 0 Å². The molecule has 0 saturated heterocycles. The summed E-state index contributed by atoms with van der Waals surface area (Å²) >= 11 is 0. The van der Waals surface area contributed by atoms with Crippen molar-refractivity contribution in [1.29, 1.82) is 0 Å². The Morgan fingerprint density at radius 3 is 2.22 bits per heavy atom. The van der Waals surface area contributed by atoms with Crippen LogP contribution in [0, 0.1) is 13.8 Å². The highest BCUT2D eigenvalue weighted by Crippen LogP contribution is 2.27. The molecule has 1 atom stereocenters. The molecule has 10 heteroatoms. The number of para-hydroxylation sites is 1. The number of hydrogen-bond donors (Lipinski definition) is 0.